The van der Waals surface area contributed by atoms with Gasteiger partial charge in [0.05, 0.1) is 10.6 Å². The van der Waals surface area contributed by atoms with Crippen molar-refractivity contribution in [2.75, 3.05) is 0 Å². The Morgan fingerprint density at radius 1 is 1.41 bits per heavy atom. The molecule has 0 heterocycles. The number of hydroxylamine groups is 1. The molecule has 1 aromatic carbocycles. The van der Waals surface area contributed by atoms with Crippen LogP contribution in [0.3, 0.4) is 0 Å². The van der Waals surface area contributed by atoms with Gasteiger partial charge in [-0.2, -0.15) is 0 Å². The van der Waals surface area contributed by atoms with Gasteiger partial charge in [-0.3, -0.25) is 9.63 Å². The molecule has 0 saturated heterocycles. The van der Waals surface area contributed by atoms with E-state index < -0.39 is 11.7 Å². The fourth-order valence-corrected chi connectivity index (χ4v) is 2.09. The predicted molar refractivity (Wildman–Crippen MR) is 64.9 cm³/mol. The standard InChI is InChI=1S/C12H13BrFNO2/c13-10-6-5-8(7-11(10)14)12(16)15-17-9-3-1-2-4-9/h5-7,9H,1-4H2,(H,15,16). The molecule has 0 aliphatic heterocycles. The second kappa shape index (κ2) is 5.60. The van der Waals surface area contributed by atoms with Crippen LogP contribution in [0.4, 0.5) is 4.39 Å². The number of hydrogen-bond acceptors (Lipinski definition) is 2. The minimum Gasteiger partial charge on any atom is -0.270 e. The van der Waals surface area contributed by atoms with Gasteiger partial charge in [0.1, 0.15) is 5.82 Å². The smallest absolute Gasteiger partial charge is 0.270 e. The van der Waals surface area contributed by atoms with Crippen LogP contribution >= 0.6 is 15.9 Å². The van der Waals surface area contributed by atoms with Crippen LogP contribution in [0.2, 0.25) is 0 Å². The topological polar surface area (TPSA) is 38.3 Å². The molecule has 2 rings (SSSR count). The van der Waals surface area contributed by atoms with Gasteiger partial charge in [-0.1, -0.05) is 12.8 Å². The average Bonchev–Trinajstić information content (AvgIpc) is 2.82. The van der Waals surface area contributed by atoms with Crippen LogP contribution < -0.4 is 5.48 Å². The predicted octanol–water partition coefficient (Wildman–Crippen LogP) is 3.19. The lowest BCUT2D eigenvalue weighted by Crippen LogP contribution is -2.28. The molecule has 0 atom stereocenters. The van der Waals surface area contributed by atoms with Gasteiger partial charge in [-0.15, -0.1) is 0 Å². The number of amides is 1. The molecule has 3 nitrogen and oxygen atoms in total. The first-order valence-electron chi connectivity index (χ1n) is 5.58. The zero-order valence-electron chi connectivity index (χ0n) is 9.21. The van der Waals surface area contributed by atoms with Crippen LogP contribution in [-0.4, -0.2) is 12.0 Å². The van der Waals surface area contributed by atoms with E-state index in [9.17, 15) is 9.18 Å². The Morgan fingerprint density at radius 3 is 2.76 bits per heavy atom. The van der Waals surface area contributed by atoms with Gasteiger partial charge in [-0.05, 0) is 47.0 Å². The summed E-state index contributed by atoms with van der Waals surface area (Å²) in [6, 6.07) is 4.22. The molecule has 1 aliphatic rings. The summed E-state index contributed by atoms with van der Waals surface area (Å²) in [5.74, 6) is -0.873. The van der Waals surface area contributed by atoms with E-state index in [-0.39, 0.29) is 11.7 Å². The Morgan fingerprint density at radius 2 is 2.12 bits per heavy atom. The van der Waals surface area contributed by atoms with Crippen molar-refractivity contribution < 1.29 is 14.0 Å². The van der Waals surface area contributed by atoms with Crippen molar-refractivity contribution in [2.45, 2.75) is 31.8 Å². The maximum atomic E-state index is 13.2. The molecule has 5 heteroatoms. The van der Waals surface area contributed by atoms with E-state index in [1.165, 1.54) is 12.1 Å². The number of carbonyl (C=O) groups is 1. The van der Waals surface area contributed by atoms with Crippen LogP contribution in [-0.2, 0) is 4.84 Å². The maximum absolute atomic E-state index is 13.2. The monoisotopic (exact) mass is 301 g/mol. The Kier molecular flexibility index (Phi) is 4.12. The Balaban J connectivity index is 1.92. The molecule has 0 radical (unpaired) electrons. The van der Waals surface area contributed by atoms with Gasteiger partial charge >= 0.3 is 0 Å². The first kappa shape index (κ1) is 12.5. The number of nitrogens with one attached hydrogen (secondary N) is 1. The molecule has 1 N–H and O–H groups in total. The minimum absolute atomic E-state index is 0.0965. The molecular formula is C12H13BrFNO2. The summed E-state index contributed by atoms with van der Waals surface area (Å²) >= 11 is 3.03. The first-order chi connectivity index (χ1) is 8.16. The highest BCUT2D eigenvalue weighted by molar-refractivity contribution is 9.10. The molecule has 1 aliphatic carbocycles. The summed E-state index contributed by atoms with van der Waals surface area (Å²) in [6.45, 7) is 0. The second-order valence-electron chi connectivity index (χ2n) is 4.08. The van der Waals surface area contributed by atoms with Crippen molar-refractivity contribution in [3.8, 4) is 0 Å². The normalized spacial score (nSPS) is 16.1. The minimum atomic E-state index is -0.460. The van der Waals surface area contributed by atoms with E-state index in [4.69, 9.17) is 4.84 Å². The quantitative estimate of drug-likeness (QED) is 0.871. The summed E-state index contributed by atoms with van der Waals surface area (Å²) < 4.78 is 13.6. The molecule has 1 aromatic rings. The van der Waals surface area contributed by atoms with Gasteiger partial charge in [-0.25, -0.2) is 9.87 Å². The van der Waals surface area contributed by atoms with Crippen LogP contribution in [0.25, 0.3) is 0 Å². The molecule has 0 aromatic heterocycles. The highest BCUT2D eigenvalue weighted by atomic mass is 79.9. The molecular weight excluding hydrogens is 289 g/mol. The Hall–Kier alpha value is -0.940. The first-order valence-corrected chi connectivity index (χ1v) is 6.37. The van der Waals surface area contributed by atoms with Gasteiger partial charge in [0.2, 0.25) is 0 Å². The third-order valence-corrected chi connectivity index (χ3v) is 3.45. The van der Waals surface area contributed by atoms with Crippen LogP contribution in [0.15, 0.2) is 22.7 Å². The second-order valence-corrected chi connectivity index (χ2v) is 4.94. The summed E-state index contributed by atoms with van der Waals surface area (Å²) in [6.07, 6.45) is 4.30. The zero-order valence-corrected chi connectivity index (χ0v) is 10.8. The lowest BCUT2D eigenvalue weighted by Gasteiger charge is -2.11. The van der Waals surface area contributed by atoms with E-state index >= 15 is 0 Å². The highest BCUT2D eigenvalue weighted by Gasteiger charge is 2.17. The molecule has 1 fully saturated rings. The number of rotatable bonds is 3. The van der Waals surface area contributed by atoms with Gasteiger partial charge in [0, 0.05) is 5.56 Å². The number of carbonyl (C=O) groups excluding carboxylic acids is 1. The number of halogens is 2. The lowest BCUT2D eigenvalue weighted by molar-refractivity contribution is -0.0125. The van der Waals surface area contributed by atoms with Crippen LogP contribution in [0, 0.1) is 5.82 Å². The molecule has 17 heavy (non-hydrogen) atoms. The largest absolute Gasteiger partial charge is 0.274 e. The lowest BCUT2D eigenvalue weighted by atomic mass is 10.2. The van der Waals surface area contributed by atoms with E-state index in [1.807, 2.05) is 0 Å². The average molecular weight is 302 g/mol. The molecule has 92 valence electrons. The molecule has 0 spiro atoms. The van der Waals surface area contributed by atoms with E-state index in [0.29, 0.717) is 4.47 Å². The third-order valence-electron chi connectivity index (χ3n) is 2.80. The Labute approximate surface area is 107 Å². The fraction of sp³-hybridized carbons (Fsp3) is 0.417. The summed E-state index contributed by atoms with van der Waals surface area (Å²) in [5, 5.41) is 0. The molecule has 1 saturated carbocycles. The van der Waals surface area contributed by atoms with Gasteiger partial charge < -0.3 is 0 Å². The molecule has 0 bridgehead atoms. The van der Waals surface area contributed by atoms with Crippen molar-refractivity contribution in [1.29, 1.82) is 0 Å². The highest BCUT2D eigenvalue weighted by Crippen LogP contribution is 2.20. The fourth-order valence-electron chi connectivity index (χ4n) is 1.84. The van der Waals surface area contributed by atoms with Crippen LogP contribution in [0.5, 0.6) is 0 Å². The van der Waals surface area contributed by atoms with E-state index in [1.54, 1.807) is 6.07 Å². The van der Waals surface area contributed by atoms with E-state index in [2.05, 4.69) is 21.4 Å². The van der Waals surface area contributed by atoms with Crippen LogP contribution in [0.1, 0.15) is 36.0 Å². The molecule has 1 amide bonds. The zero-order chi connectivity index (χ0) is 12.3. The van der Waals surface area contributed by atoms with Crippen molar-refractivity contribution >= 4 is 21.8 Å². The van der Waals surface area contributed by atoms with Crippen molar-refractivity contribution in [1.82, 2.24) is 5.48 Å². The SMILES string of the molecule is O=C(NOC1CCCC1)c1ccc(Br)c(F)c1. The van der Waals surface area contributed by atoms with Crippen molar-refractivity contribution in [3.63, 3.8) is 0 Å². The summed E-state index contributed by atoms with van der Waals surface area (Å²) in [4.78, 5) is 16.9. The van der Waals surface area contributed by atoms with Gasteiger partial charge in [0.15, 0.2) is 0 Å². The van der Waals surface area contributed by atoms with E-state index in [0.717, 1.165) is 25.7 Å². The summed E-state index contributed by atoms with van der Waals surface area (Å²) in [7, 11) is 0. The molecule has 0 unspecified atom stereocenters. The third kappa shape index (κ3) is 3.26. The maximum Gasteiger partial charge on any atom is 0.274 e. The Bertz CT molecular complexity index is 419. The van der Waals surface area contributed by atoms with Crippen molar-refractivity contribution in [3.05, 3.63) is 34.1 Å². The number of benzene rings is 1. The number of hydrogen-bond donors (Lipinski definition) is 1. The van der Waals surface area contributed by atoms with Gasteiger partial charge in [0.25, 0.3) is 5.91 Å². The van der Waals surface area contributed by atoms with Crippen molar-refractivity contribution in [2.24, 2.45) is 0 Å². The summed E-state index contributed by atoms with van der Waals surface area (Å²) in [5.41, 5.74) is 2.62.